The van der Waals surface area contributed by atoms with Crippen LogP contribution in [-0.4, -0.2) is 18.1 Å². The molecule has 1 aromatic carbocycles. The van der Waals surface area contributed by atoms with Crippen molar-refractivity contribution in [1.29, 1.82) is 0 Å². The molecule has 96 valence electrons. The fraction of sp³-hybridized carbons (Fsp3) is 0.231. The Morgan fingerprint density at radius 2 is 2.06 bits per heavy atom. The molecule has 1 amide bonds. The van der Waals surface area contributed by atoms with E-state index in [-0.39, 0.29) is 12.4 Å². The average Bonchev–Trinajstić information content (AvgIpc) is 2.31. The monoisotopic (exact) mass is 266 g/mol. The molecule has 0 aliphatic heterocycles. The van der Waals surface area contributed by atoms with Gasteiger partial charge in [-0.1, -0.05) is 12.1 Å². The summed E-state index contributed by atoms with van der Waals surface area (Å²) < 4.78 is 5.16. The number of hydrogen-bond donors (Lipinski definition) is 1. The lowest BCUT2D eigenvalue weighted by molar-refractivity contribution is 0.203. The Labute approximate surface area is 112 Å². The highest BCUT2D eigenvalue weighted by Gasteiger charge is 2.08. The highest BCUT2D eigenvalue weighted by atomic mass is 35.5. The van der Waals surface area contributed by atoms with Crippen molar-refractivity contribution in [3.63, 3.8) is 0 Å². The maximum Gasteiger partial charge on any atom is 0.412 e. The number of fused-ring (bicyclic) bond motifs is 1. The van der Waals surface area contributed by atoms with Gasteiger partial charge in [-0.05, 0) is 31.5 Å². The number of rotatable bonds is 1. The molecule has 1 heterocycles. The predicted molar refractivity (Wildman–Crippen MR) is 73.5 cm³/mol. The summed E-state index contributed by atoms with van der Waals surface area (Å²) >= 11 is 0. The van der Waals surface area contributed by atoms with E-state index in [0.29, 0.717) is 11.3 Å². The van der Waals surface area contributed by atoms with E-state index in [1.165, 1.54) is 7.05 Å². The zero-order valence-electron chi connectivity index (χ0n) is 10.5. The molecule has 0 aliphatic carbocycles. The van der Waals surface area contributed by atoms with Gasteiger partial charge in [-0.2, -0.15) is 0 Å². The smallest absolute Gasteiger partial charge is 0.408 e. The molecule has 18 heavy (non-hydrogen) atoms. The van der Waals surface area contributed by atoms with Crippen LogP contribution < -0.4 is 10.1 Å². The molecule has 4 nitrogen and oxygen atoms in total. The van der Waals surface area contributed by atoms with Crippen LogP contribution in [0.1, 0.15) is 11.3 Å². The fourth-order valence-corrected chi connectivity index (χ4v) is 1.60. The number of nitrogens with zero attached hydrogens (tertiary/aromatic N) is 1. The van der Waals surface area contributed by atoms with Crippen LogP contribution in [0.3, 0.4) is 0 Å². The molecular weight excluding hydrogens is 252 g/mol. The standard InChI is InChI=1S/C13H14N2O2.ClH/c1-8-7-10-5-4-6-11(17-13(16)14-3)12(10)15-9(8)2;/h4-7H,1-3H3,(H,14,16);1H. The average molecular weight is 267 g/mol. The second kappa shape index (κ2) is 5.69. The second-order valence-electron chi connectivity index (χ2n) is 3.86. The maximum absolute atomic E-state index is 11.2. The van der Waals surface area contributed by atoms with Gasteiger partial charge >= 0.3 is 6.09 Å². The topological polar surface area (TPSA) is 51.2 Å². The van der Waals surface area contributed by atoms with Crippen molar-refractivity contribution in [2.75, 3.05) is 7.05 Å². The number of carbonyl (C=O) groups excluding carboxylic acids is 1. The van der Waals surface area contributed by atoms with Crippen LogP contribution in [0.5, 0.6) is 5.75 Å². The van der Waals surface area contributed by atoms with Crippen LogP contribution in [0.2, 0.25) is 0 Å². The molecule has 2 aromatic rings. The van der Waals surface area contributed by atoms with Crippen molar-refractivity contribution < 1.29 is 9.53 Å². The van der Waals surface area contributed by atoms with Gasteiger partial charge in [0, 0.05) is 18.1 Å². The summed E-state index contributed by atoms with van der Waals surface area (Å²) in [5.74, 6) is 0.477. The third-order valence-corrected chi connectivity index (χ3v) is 2.66. The minimum absolute atomic E-state index is 0. The highest BCUT2D eigenvalue weighted by Crippen LogP contribution is 2.25. The number of nitrogens with one attached hydrogen (secondary N) is 1. The molecular formula is C13H15ClN2O2. The number of halogens is 1. The summed E-state index contributed by atoms with van der Waals surface area (Å²) in [7, 11) is 1.52. The number of hydrogen-bond acceptors (Lipinski definition) is 3. The van der Waals surface area contributed by atoms with Crippen molar-refractivity contribution in [3.8, 4) is 5.75 Å². The Morgan fingerprint density at radius 3 is 2.72 bits per heavy atom. The van der Waals surface area contributed by atoms with E-state index in [4.69, 9.17) is 4.74 Å². The predicted octanol–water partition coefficient (Wildman–Crippen LogP) is 2.99. The quantitative estimate of drug-likeness (QED) is 0.863. The first kappa shape index (κ1) is 14.3. The van der Waals surface area contributed by atoms with Crippen molar-refractivity contribution in [2.24, 2.45) is 0 Å². The Balaban J connectivity index is 0.00000162. The van der Waals surface area contributed by atoms with E-state index in [2.05, 4.69) is 10.3 Å². The number of amides is 1. The zero-order chi connectivity index (χ0) is 12.4. The molecule has 1 N–H and O–H groups in total. The third kappa shape index (κ3) is 2.71. The summed E-state index contributed by atoms with van der Waals surface area (Å²) in [5, 5.41) is 3.38. The first-order valence-electron chi connectivity index (χ1n) is 5.38. The first-order valence-corrected chi connectivity index (χ1v) is 5.38. The van der Waals surface area contributed by atoms with E-state index < -0.39 is 6.09 Å². The van der Waals surface area contributed by atoms with Crippen molar-refractivity contribution in [3.05, 3.63) is 35.5 Å². The Kier molecular flexibility index (Phi) is 4.50. The van der Waals surface area contributed by atoms with Gasteiger partial charge in [0.2, 0.25) is 0 Å². The molecule has 0 atom stereocenters. The maximum atomic E-state index is 11.2. The van der Waals surface area contributed by atoms with Gasteiger partial charge in [-0.15, -0.1) is 12.4 Å². The molecule has 5 heteroatoms. The number of aryl methyl sites for hydroxylation is 2. The molecule has 0 saturated carbocycles. The Morgan fingerprint density at radius 1 is 1.33 bits per heavy atom. The molecule has 0 spiro atoms. The summed E-state index contributed by atoms with van der Waals surface area (Å²) in [6.45, 7) is 3.94. The molecule has 0 saturated heterocycles. The van der Waals surface area contributed by atoms with Gasteiger partial charge in [0.05, 0.1) is 0 Å². The number of pyridine rings is 1. The molecule has 0 bridgehead atoms. The first-order chi connectivity index (χ1) is 8.11. The van der Waals surface area contributed by atoms with Crippen LogP contribution in [0.15, 0.2) is 24.3 Å². The molecule has 0 unspecified atom stereocenters. The van der Waals surface area contributed by atoms with Crippen LogP contribution in [0.25, 0.3) is 10.9 Å². The van der Waals surface area contributed by atoms with Gasteiger partial charge < -0.3 is 10.1 Å². The summed E-state index contributed by atoms with van der Waals surface area (Å²) in [4.78, 5) is 15.7. The molecule has 0 aliphatic rings. The highest BCUT2D eigenvalue weighted by molar-refractivity contribution is 5.87. The molecule has 0 fully saturated rings. The van der Waals surface area contributed by atoms with Gasteiger partial charge in [0.25, 0.3) is 0 Å². The van der Waals surface area contributed by atoms with Gasteiger partial charge in [-0.25, -0.2) is 9.78 Å². The lowest BCUT2D eigenvalue weighted by Crippen LogP contribution is -2.22. The second-order valence-corrected chi connectivity index (χ2v) is 3.86. The molecule has 0 radical (unpaired) electrons. The Bertz CT molecular complexity index is 584. The van der Waals surface area contributed by atoms with E-state index >= 15 is 0 Å². The van der Waals surface area contributed by atoms with Gasteiger partial charge in [-0.3, -0.25) is 0 Å². The van der Waals surface area contributed by atoms with Crippen molar-refractivity contribution >= 4 is 29.4 Å². The minimum Gasteiger partial charge on any atom is -0.408 e. The van der Waals surface area contributed by atoms with Crippen LogP contribution in [-0.2, 0) is 0 Å². The SMILES string of the molecule is CNC(=O)Oc1cccc2cc(C)c(C)nc12.Cl. The van der Waals surface area contributed by atoms with Gasteiger partial charge in [0.15, 0.2) is 5.75 Å². The fourth-order valence-electron chi connectivity index (χ4n) is 1.60. The van der Waals surface area contributed by atoms with E-state index in [1.807, 2.05) is 32.0 Å². The van der Waals surface area contributed by atoms with Crippen molar-refractivity contribution in [2.45, 2.75) is 13.8 Å². The van der Waals surface area contributed by atoms with Crippen LogP contribution in [0, 0.1) is 13.8 Å². The third-order valence-electron chi connectivity index (χ3n) is 2.66. The van der Waals surface area contributed by atoms with Crippen LogP contribution >= 0.6 is 12.4 Å². The van der Waals surface area contributed by atoms with E-state index in [9.17, 15) is 4.79 Å². The summed E-state index contributed by atoms with van der Waals surface area (Å²) in [5.41, 5.74) is 2.76. The minimum atomic E-state index is -0.488. The summed E-state index contributed by atoms with van der Waals surface area (Å²) in [6, 6.07) is 7.57. The number of ether oxygens (including phenoxy) is 1. The van der Waals surface area contributed by atoms with E-state index in [1.54, 1.807) is 6.07 Å². The normalized spacial score (nSPS) is 9.72. The van der Waals surface area contributed by atoms with E-state index in [0.717, 1.165) is 16.6 Å². The Hall–Kier alpha value is -1.81. The summed E-state index contributed by atoms with van der Waals surface area (Å²) in [6.07, 6.45) is -0.488. The number of benzene rings is 1. The zero-order valence-corrected chi connectivity index (χ0v) is 11.3. The molecule has 1 aromatic heterocycles. The van der Waals surface area contributed by atoms with Crippen molar-refractivity contribution in [1.82, 2.24) is 10.3 Å². The lowest BCUT2D eigenvalue weighted by Gasteiger charge is -2.08. The number of carbonyl (C=O) groups is 1. The van der Waals surface area contributed by atoms with Gasteiger partial charge in [0.1, 0.15) is 5.52 Å². The number of aromatic nitrogens is 1. The van der Waals surface area contributed by atoms with Crippen LogP contribution in [0.4, 0.5) is 4.79 Å². The lowest BCUT2D eigenvalue weighted by atomic mass is 10.1. The number of para-hydroxylation sites is 1. The largest absolute Gasteiger partial charge is 0.412 e. The molecule has 2 rings (SSSR count).